The lowest BCUT2D eigenvalue weighted by atomic mass is 10.1. The van der Waals surface area contributed by atoms with E-state index in [9.17, 15) is 18.0 Å². The van der Waals surface area contributed by atoms with E-state index in [4.69, 9.17) is 9.47 Å². The predicted molar refractivity (Wildman–Crippen MR) is 171 cm³/mol. The second-order valence-corrected chi connectivity index (χ2v) is 12.7. The van der Waals surface area contributed by atoms with Gasteiger partial charge in [-0.3, -0.25) is 13.9 Å². The third-order valence-electron chi connectivity index (χ3n) is 7.04. The summed E-state index contributed by atoms with van der Waals surface area (Å²) >= 11 is 1.50. The molecule has 0 unspecified atom stereocenters. The number of carbonyl (C=O) groups excluding carboxylic acids is 2. The molecular formula is C32H41N3O6S2. The number of amides is 2. The lowest BCUT2D eigenvalue weighted by Gasteiger charge is -2.32. The van der Waals surface area contributed by atoms with E-state index in [1.807, 2.05) is 39.2 Å². The maximum Gasteiger partial charge on any atom is 0.264 e. The molecule has 11 heteroatoms. The standard InChI is InChI=1S/C32H41N3O6S2/c1-7-23(3)33-32(37)24(4)34(21-25-9-13-27(40-5)14-10-25)31(36)22-35(26-11-15-28(16-12-26)41-8-2)43(38,39)30-19-17-29(42-6)18-20-30/h9-20,23-24H,7-8,21-22H2,1-6H3,(H,33,37)/t23-,24+/m1/s1. The SMILES string of the molecule is CCOc1ccc(N(CC(=O)N(Cc2ccc(OC)cc2)[C@@H](C)C(=O)N[C@H](C)CC)S(=O)(=O)c2ccc(SC)cc2)cc1. The van der Waals surface area contributed by atoms with E-state index in [1.54, 1.807) is 62.6 Å². The Balaban J connectivity index is 2.03. The highest BCUT2D eigenvalue weighted by Crippen LogP contribution is 2.28. The second kappa shape index (κ2) is 15.7. The summed E-state index contributed by atoms with van der Waals surface area (Å²) in [7, 11) is -2.60. The van der Waals surface area contributed by atoms with E-state index in [1.165, 1.54) is 28.8 Å². The first kappa shape index (κ1) is 33.8. The molecule has 1 N–H and O–H groups in total. The summed E-state index contributed by atoms with van der Waals surface area (Å²) in [5, 5.41) is 2.94. The number of thioether (sulfide) groups is 1. The fourth-order valence-corrected chi connectivity index (χ4v) is 6.08. The van der Waals surface area contributed by atoms with E-state index < -0.39 is 28.5 Å². The van der Waals surface area contributed by atoms with Gasteiger partial charge >= 0.3 is 0 Å². The second-order valence-electron chi connectivity index (χ2n) is 9.98. The Morgan fingerprint density at radius 2 is 1.51 bits per heavy atom. The zero-order valence-electron chi connectivity index (χ0n) is 25.6. The third kappa shape index (κ3) is 8.90. The quantitative estimate of drug-likeness (QED) is 0.227. The van der Waals surface area contributed by atoms with Gasteiger partial charge in [-0.15, -0.1) is 11.8 Å². The minimum atomic E-state index is -4.16. The first-order chi connectivity index (χ1) is 20.5. The third-order valence-corrected chi connectivity index (χ3v) is 9.57. The highest BCUT2D eigenvalue weighted by atomic mass is 32.2. The molecule has 3 aromatic carbocycles. The molecule has 0 spiro atoms. The van der Waals surface area contributed by atoms with Gasteiger partial charge in [0.1, 0.15) is 24.1 Å². The van der Waals surface area contributed by atoms with E-state index in [0.717, 1.165) is 21.2 Å². The molecule has 2 atom stereocenters. The number of carbonyl (C=O) groups is 2. The van der Waals surface area contributed by atoms with Gasteiger partial charge in [0.05, 0.1) is 24.3 Å². The van der Waals surface area contributed by atoms with Crippen molar-refractivity contribution in [1.29, 1.82) is 0 Å². The zero-order valence-corrected chi connectivity index (χ0v) is 27.2. The van der Waals surface area contributed by atoms with Crippen molar-refractivity contribution >= 4 is 39.3 Å². The van der Waals surface area contributed by atoms with Crippen LogP contribution < -0.4 is 19.1 Å². The molecule has 0 fully saturated rings. The fraction of sp³-hybridized carbons (Fsp3) is 0.375. The number of methoxy groups -OCH3 is 1. The summed E-state index contributed by atoms with van der Waals surface area (Å²) < 4.78 is 40.0. The van der Waals surface area contributed by atoms with Crippen LogP contribution in [0.2, 0.25) is 0 Å². The molecule has 0 aromatic heterocycles. The molecule has 0 aliphatic rings. The molecule has 0 heterocycles. The van der Waals surface area contributed by atoms with Crippen molar-refractivity contribution in [1.82, 2.24) is 10.2 Å². The van der Waals surface area contributed by atoms with Gasteiger partial charge < -0.3 is 19.7 Å². The molecule has 0 aliphatic carbocycles. The largest absolute Gasteiger partial charge is 0.497 e. The number of anilines is 1. The van der Waals surface area contributed by atoms with Crippen LogP contribution in [-0.4, -0.2) is 63.7 Å². The molecule has 2 amide bonds. The lowest BCUT2D eigenvalue weighted by Crippen LogP contribution is -2.52. The average Bonchev–Trinajstić information content (AvgIpc) is 3.02. The molecule has 9 nitrogen and oxygen atoms in total. The number of benzene rings is 3. The van der Waals surface area contributed by atoms with Crippen molar-refractivity contribution in [2.75, 3.05) is 30.8 Å². The van der Waals surface area contributed by atoms with E-state index >= 15 is 0 Å². The lowest BCUT2D eigenvalue weighted by molar-refractivity contribution is -0.139. The highest BCUT2D eigenvalue weighted by Gasteiger charge is 2.33. The molecule has 3 rings (SSSR count). The van der Waals surface area contributed by atoms with Crippen molar-refractivity contribution in [3.8, 4) is 11.5 Å². The summed E-state index contributed by atoms with van der Waals surface area (Å²) in [6.07, 6.45) is 2.63. The van der Waals surface area contributed by atoms with Gasteiger partial charge in [-0.1, -0.05) is 19.1 Å². The van der Waals surface area contributed by atoms with Crippen molar-refractivity contribution in [3.63, 3.8) is 0 Å². The van der Waals surface area contributed by atoms with E-state index in [0.29, 0.717) is 23.8 Å². The monoisotopic (exact) mass is 627 g/mol. The number of hydrogen-bond donors (Lipinski definition) is 1. The summed E-state index contributed by atoms with van der Waals surface area (Å²) in [4.78, 5) is 29.7. The van der Waals surface area contributed by atoms with Gasteiger partial charge in [-0.25, -0.2) is 8.42 Å². The minimum Gasteiger partial charge on any atom is -0.497 e. The maximum atomic E-state index is 14.1. The molecule has 232 valence electrons. The smallest absolute Gasteiger partial charge is 0.264 e. The highest BCUT2D eigenvalue weighted by molar-refractivity contribution is 7.98. The van der Waals surface area contributed by atoms with Crippen LogP contribution in [0.4, 0.5) is 5.69 Å². The number of sulfonamides is 1. The van der Waals surface area contributed by atoms with Crippen LogP contribution >= 0.6 is 11.8 Å². The van der Waals surface area contributed by atoms with Crippen LogP contribution in [0.3, 0.4) is 0 Å². The van der Waals surface area contributed by atoms with Crippen molar-refractivity contribution in [2.45, 2.75) is 62.5 Å². The normalized spacial score (nSPS) is 12.6. The minimum absolute atomic E-state index is 0.0521. The van der Waals surface area contributed by atoms with E-state index in [-0.39, 0.29) is 23.4 Å². The van der Waals surface area contributed by atoms with Crippen molar-refractivity contribution < 1.29 is 27.5 Å². The molecule has 0 bridgehead atoms. The van der Waals surface area contributed by atoms with Crippen LogP contribution in [-0.2, 0) is 26.2 Å². The summed E-state index contributed by atoms with van der Waals surface area (Å²) in [5.74, 6) is 0.389. The van der Waals surface area contributed by atoms with Gasteiger partial charge in [0.2, 0.25) is 11.8 Å². The van der Waals surface area contributed by atoms with Crippen LogP contribution in [0.5, 0.6) is 11.5 Å². The molecule has 0 aliphatic heterocycles. The summed E-state index contributed by atoms with van der Waals surface area (Å²) in [6, 6.07) is 19.3. The Morgan fingerprint density at radius 3 is 2.05 bits per heavy atom. The Labute approximate surface area is 259 Å². The van der Waals surface area contributed by atoms with Crippen molar-refractivity contribution in [3.05, 3.63) is 78.4 Å². The molecule has 3 aromatic rings. The van der Waals surface area contributed by atoms with Crippen LogP contribution in [0, 0.1) is 0 Å². The molecule has 43 heavy (non-hydrogen) atoms. The zero-order chi connectivity index (χ0) is 31.6. The molecule has 0 saturated carbocycles. The predicted octanol–water partition coefficient (Wildman–Crippen LogP) is 5.34. The van der Waals surface area contributed by atoms with Gasteiger partial charge in [0.15, 0.2) is 0 Å². The van der Waals surface area contributed by atoms with Crippen LogP contribution in [0.15, 0.2) is 82.6 Å². The molecule has 0 radical (unpaired) electrons. The summed E-state index contributed by atoms with van der Waals surface area (Å²) in [5.41, 5.74) is 1.06. The first-order valence-electron chi connectivity index (χ1n) is 14.2. The topological polar surface area (TPSA) is 105 Å². The number of rotatable bonds is 15. The molecule has 0 saturated heterocycles. The number of hydrogen-bond acceptors (Lipinski definition) is 7. The van der Waals surface area contributed by atoms with E-state index in [2.05, 4.69) is 5.32 Å². The Hall–Kier alpha value is -3.70. The van der Waals surface area contributed by atoms with Crippen LogP contribution in [0.1, 0.15) is 39.7 Å². The van der Waals surface area contributed by atoms with Gasteiger partial charge in [0, 0.05) is 17.5 Å². The Bertz CT molecular complexity index is 1450. The number of ether oxygens (including phenoxy) is 2. The molecular weight excluding hydrogens is 587 g/mol. The Kier molecular flexibility index (Phi) is 12.3. The van der Waals surface area contributed by atoms with Gasteiger partial charge in [-0.2, -0.15) is 0 Å². The first-order valence-corrected chi connectivity index (χ1v) is 16.8. The summed E-state index contributed by atoms with van der Waals surface area (Å²) in [6.45, 7) is 7.39. The maximum absolute atomic E-state index is 14.1. The van der Waals surface area contributed by atoms with Crippen molar-refractivity contribution in [2.24, 2.45) is 0 Å². The van der Waals surface area contributed by atoms with Crippen LogP contribution in [0.25, 0.3) is 0 Å². The average molecular weight is 628 g/mol. The fourth-order valence-electron chi connectivity index (χ4n) is 4.25. The van der Waals surface area contributed by atoms with Gasteiger partial charge in [0.25, 0.3) is 10.0 Å². The number of nitrogens with one attached hydrogen (secondary N) is 1. The van der Waals surface area contributed by atoms with Gasteiger partial charge in [-0.05, 0) is 99.7 Å². The Morgan fingerprint density at radius 1 is 0.907 bits per heavy atom. The number of nitrogens with zero attached hydrogens (tertiary/aromatic N) is 2.